The van der Waals surface area contributed by atoms with Gasteiger partial charge in [-0.25, -0.2) is 0 Å². The predicted molar refractivity (Wildman–Crippen MR) is 51.3 cm³/mol. The number of thiophene rings is 1. The van der Waals surface area contributed by atoms with Crippen molar-refractivity contribution in [1.29, 1.82) is 0 Å². The number of hydrogen-bond donors (Lipinski definition) is 1. The van der Waals surface area contributed by atoms with Gasteiger partial charge in [0.25, 0.3) is 0 Å². The van der Waals surface area contributed by atoms with Gasteiger partial charge in [0.05, 0.1) is 6.20 Å². The minimum atomic E-state index is 1.11. The van der Waals surface area contributed by atoms with Crippen molar-refractivity contribution in [2.75, 3.05) is 0 Å². The largest absolute Gasteiger partial charge is 0.285 e. The number of aryl methyl sites for hydroxylation is 1. The van der Waals surface area contributed by atoms with Crippen LogP contribution >= 0.6 is 11.3 Å². The van der Waals surface area contributed by atoms with Crippen LogP contribution in [0, 0.1) is 0 Å². The summed E-state index contributed by atoms with van der Waals surface area (Å²) in [4.78, 5) is 2.71. The molecule has 0 aliphatic rings. The van der Waals surface area contributed by atoms with Crippen LogP contribution in [0.4, 0.5) is 0 Å². The summed E-state index contributed by atoms with van der Waals surface area (Å²) in [6, 6.07) is 4.32. The molecule has 0 amide bonds. The van der Waals surface area contributed by atoms with E-state index in [4.69, 9.17) is 0 Å². The molecule has 0 bridgehead atoms. The topological polar surface area (TPSA) is 28.7 Å². The van der Waals surface area contributed by atoms with Gasteiger partial charge in [0.2, 0.25) is 0 Å². The van der Waals surface area contributed by atoms with Crippen molar-refractivity contribution in [3.63, 3.8) is 0 Å². The number of H-pyrrole nitrogens is 1. The number of rotatable bonds is 2. The van der Waals surface area contributed by atoms with Crippen molar-refractivity contribution in [2.24, 2.45) is 0 Å². The second-order valence-electron chi connectivity index (χ2n) is 2.61. The van der Waals surface area contributed by atoms with E-state index in [1.165, 1.54) is 15.3 Å². The molecule has 2 heterocycles. The fourth-order valence-electron chi connectivity index (χ4n) is 1.11. The Morgan fingerprint density at radius 2 is 2.42 bits per heavy atom. The van der Waals surface area contributed by atoms with Gasteiger partial charge in [-0.3, -0.25) is 5.10 Å². The Balaban J connectivity index is 2.35. The molecule has 12 heavy (non-hydrogen) atoms. The summed E-state index contributed by atoms with van der Waals surface area (Å²) in [7, 11) is 0. The molecule has 2 nitrogen and oxygen atoms in total. The highest BCUT2D eigenvalue weighted by Crippen LogP contribution is 2.27. The third-order valence-electron chi connectivity index (χ3n) is 1.79. The first-order valence-corrected chi connectivity index (χ1v) is 4.79. The minimum absolute atomic E-state index is 1.11. The fraction of sp³-hybridized carbons (Fsp3) is 0.222. The number of nitrogens with zero attached hydrogens (tertiary/aromatic N) is 1. The average Bonchev–Trinajstić information content (AvgIpc) is 2.75. The van der Waals surface area contributed by atoms with Crippen LogP contribution in [0.15, 0.2) is 24.5 Å². The third kappa shape index (κ3) is 1.28. The van der Waals surface area contributed by atoms with Gasteiger partial charge in [0.1, 0.15) is 0 Å². The van der Waals surface area contributed by atoms with Gasteiger partial charge in [-0.1, -0.05) is 6.92 Å². The molecule has 3 heteroatoms. The van der Waals surface area contributed by atoms with Gasteiger partial charge >= 0.3 is 0 Å². The summed E-state index contributed by atoms with van der Waals surface area (Å²) >= 11 is 1.83. The molecule has 0 atom stereocenters. The first kappa shape index (κ1) is 7.55. The Hall–Kier alpha value is -1.09. The minimum Gasteiger partial charge on any atom is -0.285 e. The maximum Gasteiger partial charge on any atom is 0.0573 e. The van der Waals surface area contributed by atoms with Gasteiger partial charge in [0.15, 0.2) is 0 Å². The zero-order valence-electron chi connectivity index (χ0n) is 6.87. The van der Waals surface area contributed by atoms with E-state index < -0.39 is 0 Å². The highest BCUT2D eigenvalue weighted by atomic mass is 32.1. The number of aromatic nitrogens is 2. The van der Waals surface area contributed by atoms with Crippen LogP contribution in [0.5, 0.6) is 0 Å². The zero-order chi connectivity index (χ0) is 8.39. The smallest absolute Gasteiger partial charge is 0.0573 e. The number of hydrogen-bond acceptors (Lipinski definition) is 2. The molecular weight excluding hydrogens is 168 g/mol. The number of nitrogens with one attached hydrogen (secondary N) is 1. The lowest BCUT2D eigenvalue weighted by Gasteiger charge is -1.86. The summed E-state index contributed by atoms with van der Waals surface area (Å²) in [5.41, 5.74) is 1.18. The highest BCUT2D eigenvalue weighted by molar-refractivity contribution is 7.15. The van der Waals surface area contributed by atoms with Gasteiger partial charge in [-0.2, -0.15) is 5.10 Å². The third-order valence-corrected chi connectivity index (χ3v) is 3.07. The maximum atomic E-state index is 3.92. The second kappa shape index (κ2) is 3.11. The van der Waals surface area contributed by atoms with Crippen molar-refractivity contribution < 1.29 is 0 Å². The monoisotopic (exact) mass is 178 g/mol. The molecule has 0 radical (unpaired) electrons. The summed E-state index contributed by atoms with van der Waals surface area (Å²) in [5.74, 6) is 0. The molecule has 0 aliphatic heterocycles. The Morgan fingerprint density at radius 3 is 3.00 bits per heavy atom. The average molecular weight is 178 g/mol. The van der Waals surface area contributed by atoms with Gasteiger partial charge in [-0.15, -0.1) is 11.3 Å². The molecule has 0 spiro atoms. The van der Waals surface area contributed by atoms with E-state index in [0.717, 1.165) is 6.42 Å². The van der Waals surface area contributed by atoms with E-state index >= 15 is 0 Å². The Labute approximate surface area is 75.3 Å². The van der Waals surface area contributed by atoms with E-state index in [1.54, 1.807) is 0 Å². The van der Waals surface area contributed by atoms with E-state index in [-0.39, 0.29) is 0 Å². The molecule has 0 fully saturated rings. The lowest BCUT2D eigenvalue weighted by molar-refractivity contribution is 1.09. The molecule has 2 aromatic heterocycles. The summed E-state index contributed by atoms with van der Waals surface area (Å²) in [6.45, 7) is 2.17. The van der Waals surface area contributed by atoms with Crippen molar-refractivity contribution in [2.45, 2.75) is 13.3 Å². The first-order chi connectivity index (χ1) is 5.90. The molecular formula is C9H10N2S. The van der Waals surface area contributed by atoms with Crippen LogP contribution in [0.3, 0.4) is 0 Å². The highest BCUT2D eigenvalue weighted by Gasteiger charge is 2.01. The summed E-state index contributed by atoms with van der Waals surface area (Å²) < 4.78 is 0. The molecule has 0 saturated heterocycles. The Kier molecular flexibility index (Phi) is 1.96. The van der Waals surface area contributed by atoms with Gasteiger partial charge in [-0.05, 0) is 18.6 Å². The Morgan fingerprint density at radius 1 is 1.50 bits per heavy atom. The molecule has 62 valence electrons. The van der Waals surface area contributed by atoms with Crippen LogP contribution in [0.2, 0.25) is 0 Å². The van der Waals surface area contributed by atoms with Crippen LogP contribution < -0.4 is 0 Å². The summed E-state index contributed by atoms with van der Waals surface area (Å²) in [5, 5.41) is 6.73. The van der Waals surface area contributed by atoms with Crippen molar-refractivity contribution in [3.05, 3.63) is 29.4 Å². The molecule has 2 aromatic rings. The van der Waals surface area contributed by atoms with Crippen molar-refractivity contribution in [3.8, 4) is 10.4 Å². The normalized spacial score (nSPS) is 10.4. The maximum absolute atomic E-state index is 3.92. The van der Waals surface area contributed by atoms with E-state index in [0.29, 0.717) is 0 Å². The van der Waals surface area contributed by atoms with Crippen LogP contribution in [0.1, 0.15) is 11.8 Å². The Bertz CT molecular complexity index is 348. The second-order valence-corrected chi connectivity index (χ2v) is 3.77. The predicted octanol–water partition coefficient (Wildman–Crippen LogP) is 2.70. The van der Waals surface area contributed by atoms with Crippen LogP contribution in [0.25, 0.3) is 10.4 Å². The molecule has 0 aliphatic carbocycles. The van der Waals surface area contributed by atoms with E-state index in [1.807, 2.05) is 23.7 Å². The summed E-state index contributed by atoms with van der Waals surface area (Å²) in [6.07, 6.45) is 4.89. The lowest BCUT2D eigenvalue weighted by Crippen LogP contribution is -1.64. The van der Waals surface area contributed by atoms with Gasteiger partial charge in [0, 0.05) is 21.5 Å². The quantitative estimate of drug-likeness (QED) is 0.752. The lowest BCUT2D eigenvalue weighted by atomic mass is 10.3. The molecule has 0 saturated carbocycles. The van der Waals surface area contributed by atoms with Crippen molar-refractivity contribution >= 4 is 11.3 Å². The zero-order valence-corrected chi connectivity index (χ0v) is 7.69. The van der Waals surface area contributed by atoms with E-state index in [9.17, 15) is 0 Å². The van der Waals surface area contributed by atoms with Crippen molar-refractivity contribution in [1.82, 2.24) is 10.2 Å². The van der Waals surface area contributed by atoms with E-state index in [2.05, 4.69) is 29.3 Å². The standard InChI is InChI=1S/C9H10N2S/c1-2-8-3-4-9(12-8)7-5-10-11-6-7/h3-6H,2H2,1H3,(H,10,11). The fourth-order valence-corrected chi connectivity index (χ4v) is 2.04. The molecule has 2 rings (SSSR count). The van der Waals surface area contributed by atoms with Crippen LogP contribution in [-0.4, -0.2) is 10.2 Å². The molecule has 1 N–H and O–H groups in total. The molecule has 0 aromatic carbocycles. The van der Waals surface area contributed by atoms with Gasteiger partial charge < -0.3 is 0 Å². The molecule has 0 unspecified atom stereocenters. The van der Waals surface area contributed by atoms with Crippen LogP contribution in [-0.2, 0) is 6.42 Å². The number of aromatic amines is 1. The SMILES string of the molecule is CCc1ccc(-c2cn[nH]c2)s1. The first-order valence-electron chi connectivity index (χ1n) is 3.98.